The van der Waals surface area contributed by atoms with E-state index in [0.717, 1.165) is 46.2 Å². The Morgan fingerprint density at radius 3 is 2.42 bits per heavy atom. The number of para-hydroxylation sites is 3. The molecular formula is C24H19NO. The molecule has 1 heterocycles. The lowest BCUT2D eigenvalue weighted by atomic mass is 10.1. The second-order valence-corrected chi connectivity index (χ2v) is 6.55. The third-order valence-corrected chi connectivity index (χ3v) is 4.92. The molecule has 126 valence electrons. The van der Waals surface area contributed by atoms with Gasteiger partial charge in [0.2, 0.25) is 0 Å². The highest BCUT2D eigenvalue weighted by atomic mass is 16.3. The molecule has 3 aromatic carbocycles. The van der Waals surface area contributed by atoms with E-state index in [0.29, 0.717) is 0 Å². The van der Waals surface area contributed by atoms with E-state index in [2.05, 4.69) is 83.8 Å². The SMILES string of the molecule is C1=CCCC(N(c2ccccc2)c2cccc3c2oc2ccccc23)=C1. The van der Waals surface area contributed by atoms with Gasteiger partial charge in [0.15, 0.2) is 5.58 Å². The molecule has 0 saturated heterocycles. The van der Waals surface area contributed by atoms with E-state index in [9.17, 15) is 0 Å². The Bertz CT molecular complexity index is 1130. The zero-order valence-electron chi connectivity index (χ0n) is 14.4. The zero-order chi connectivity index (χ0) is 17.3. The van der Waals surface area contributed by atoms with Crippen LogP contribution < -0.4 is 4.90 Å². The van der Waals surface area contributed by atoms with Crippen LogP contribution in [0.1, 0.15) is 12.8 Å². The van der Waals surface area contributed by atoms with Crippen LogP contribution in [0.25, 0.3) is 21.9 Å². The van der Waals surface area contributed by atoms with Crippen molar-refractivity contribution in [2.45, 2.75) is 12.8 Å². The van der Waals surface area contributed by atoms with E-state index >= 15 is 0 Å². The first-order valence-electron chi connectivity index (χ1n) is 9.03. The number of anilines is 2. The second kappa shape index (κ2) is 6.23. The van der Waals surface area contributed by atoms with Gasteiger partial charge in [-0.2, -0.15) is 0 Å². The monoisotopic (exact) mass is 337 g/mol. The summed E-state index contributed by atoms with van der Waals surface area (Å²) < 4.78 is 6.29. The molecule has 0 saturated carbocycles. The van der Waals surface area contributed by atoms with E-state index in [1.807, 2.05) is 12.1 Å². The van der Waals surface area contributed by atoms with Gasteiger partial charge in [0.1, 0.15) is 5.58 Å². The van der Waals surface area contributed by atoms with Gasteiger partial charge in [-0.25, -0.2) is 0 Å². The van der Waals surface area contributed by atoms with Crippen LogP contribution in [-0.2, 0) is 0 Å². The van der Waals surface area contributed by atoms with Crippen LogP contribution in [0.4, 0.5) is 11.4 Å². The molecule has 1 aliphatic rings. The standard InChI is InChI=1S/C24H19NO/c1-3-10-18(11-4-1)25(19-12-5-2-6-13-19)22-16-9-15-21-20-14-7-8-17-23(20)26-24(21)22/h1-5,7-12,14-17H,6,13H2. The average molecular weight is 337 g/mol. The number of fused-ring (bicyclic) bond motifs is 3. The highest BCUT2D eigenvalue weighted by molar-refractivity contribution is 6.09. The average Bonchev–Trinajstić information content (AvgIpc) is 3.10. The molecule has 5 rings (SSSR count). The molecule has 1 aromatic heterocycles. The molecule has 0 aliphatic heterocycles. The lowest BCUT2D eigenvalue weighted by Gasteiger charge is -2.28. The van der Waals surface area contributed by atoms with Gasteiger partial charge in [0, 0.05) is 22.2 Å². The molecule has 0 fully saturated rings. The van der Waals surface area contributed by atoms with Crippen LogP contribution in [0.2, 0.25) is 0 Å². The van der Waals surface area contributed by atoms with Crippen molar-refractivity contribution in [3.63, 3.8) is 0 Å². The van der Waals surface area contributed by atoms with E-state index in [1.54, 1.807) is 0 Å². The van der Waals surface area contributed by atoms with Gasteiger partial charge >= 0.3 is 0 Å². The Hall–Kier alpha value is -3.26. The lowest BCUT2D eigenvalue weighted by Crippen LogP contribution is -2.17. The normalized spacial score (nSPS) is 13.9. The molecular weight excluding hydrogens is 318 g/mol. The second-order valence-electron chi connectivity index (χ2n) is 6.55. The van der Waals surface area contributed by atoms with E-state index in [1.165, 1.54) is 5.70 Å². The van der Waals surface area contributed by atoms with Crippen LogP contribution in [0.5, 0.6) is 0 Å². The van der Waals surface area contributed by atoms with Gasteiger partial charge in [0.05, 0.1) is 5.69 Å². The molecule has 0 bridgehead atoms. The summed E-state index contributed by atoms with van der Waals surface area (Å²) in [4.78, 5) is 2.33. The fourth-order valence-electron chi connectivity index (χ4n) is 3.72. The fraction of sp³-hybridized carbons (Fsp3) is 0.0833. The van der Waals surface area contributed by atoms with E-state index < -0.39 is 0 Å². The van der Waals surface area contributed by atoms with Crippen LogP contribution in [0.15, 0.2) is 101 Å². The summed E-state index contributed by atoms with van der Waals surface area (Å²) in [5.41, 5.74) is 5.40. The summed E-state index contributed by atoms with van der Waals surface area (Å²) in [6, 6.07) is 25.2. The smallest absolute Gasteiger partial charge is 0.159 e. The predicted octanol–water partition coefficient (Wildman–Crippen LogP) is 6.96. The summed E-state index contributed by atoms with van der Waals surface area (Å²) in [7, 11) is 0. The predicted molar refractivity (Wildman–Crippen MR) is 109 cm³/mol. The summed E-state index contributed by atoms with van der Waals surface area (Å²) in [6.07, 6.45) is 8.65. The van der Waals surface area contributed by atoms with Crippen molar-refractivity contribution < 1.29 is 4.42 Å². The van der Waals surface area contributed by atoms with Crippen molar-refractivity contribution >= 4 is 33.3 Å². The van der Waals surface area contributed by atoms with Gasteiger partial charge in [0.25, 0.3) is 0 Å². The number of hydrogen-bond donors (Lipinski definition) is 0. The summed E-state index contributed by atoms with van der Waals surface area (Å²) in [6.45, 7) is 0. The summed E-state index contributed by atoms with van der Waals surface area (Å²) in [5, 5.41) is 2.32. The van der Waals surface area contributed by atoms with E-state index in [4.69, 9.17) is 4.42 Å². The molecule has 2 nitrogen and oxygen atoms in total. The zero-order valence-corrected chi connectivity index (χ0v) is 14.4. The Balaban J connectivity index is 1.79. The molecule has 0 unspecified atom stereocenters. The molecule has 4 aromatic rings. The number of nitrogens with zero attached hydrogens (tertiary/aromatic N) is 1. The molecule has 0 amide bonds. The number of rotatable bonds is 3. The highest BCUT2D eigenvalue weighted by Crippen LogP contribution is 2.40. The number of hydrogen-bond acceptors (Lipinski definition) is 2. The van der Waals surface area contributed by atoms with Gasteiger partial charge in [-0.3, -0.25) is 0 Å². The minimum Gasteiger partial charge on any atom is -0.454 e. The Morgan fingerprint density at radius 2 is 1.58 bits per heavy atom. The van der Waals surface area contributed by atoms with Crippen molar-refractivity contribution in [3.05, 3.63) is 96.7 Å². The molecule has 0 atom stereocenters. The van der Waals surface area contributed by atoms with Gasteiger partial charge < -0.3 is 9.32 Å². The Morgan fingerprint density at radius 1 is 0.769 bits per heavy atom. The largest absolute Gasteiger partial charge is 0.454 e. The van der Waals surface area contributed by atoms with Crippen LogP contribution in [0.3, 0.4) is 0 Å². The van der Waals surface area contributed by atoms with Crippen molar-refractivity contribution in [2.24, 2.45) is 0 Å². The topological polar surface area (TPSA) is 16.4 Å². The van der Waals surface area contributed by atoms with Crippen molar-refractivity contribution in [1.29, 1.82) is 0 Å². The third-order valence-electron chi connectivity index (χ3n) is 4.92. The molecule has 0 N–H and O–H groups in total. The molecule has 0 spiro atoms. The first kappa shape index (κ1) is 15.0. The van der Waals surface area contributed by atoms with Crippen LogP contribution in [-0.4, -0.2) is 0 Å². The number of furan rings is 1. The third kappa shape index (κ3) is 2.42. The van der Waals surface area contributed by atoms with E-state index in [-0.39, 0.29) is 0 Å². The van der Waals surface area contributed by atoms with Crippen molar-refractivity contribution in [1.82, 2.24) is 0 Å². The quantitative estimate of drug-likeness (QED) is 0.402. The fourth-order valence-corrected chi connectivity index (χ4v) is 3.72. The Labute approximate surface area is 152 Å². The molecule has 0 radical (unpaired) electrons. The van der Waals surface area contributed by atoms with Crippen LogP contribution in [0, 0.1) is 0 Å². The van der Waals surface area contributed by atoms with Crippen molar-refractivity contribution in [3.8, 4) is 0 Å². The van der Waals surface area contributed by atoms with Gasteiger partial charge in [-0.05, 0) is 43.2 Å². The maximum atomic E-state index is 6.29. The first-order chi connectivity index (χ1) is 12.9. The first-order valence-corrected chi connectivity index (χ1v) is 9.03. The maximum absolute atomic E-state index is 6.29. The van der Waals surface area contributed by atoms with Gasteiger partial charge in [-0.15, -0.1) is 0 Å². The minimum atomic E-state index is 0.931. The molecule has 26 heavy (non-hydrogen) atoms. The molecule has 2 heteroatoms. The van der Waals surface area contributed by atoms with Crippen LogP contribution >= 0.6 is 0 Å². The molecule has 1 aliphatic carbocycles. The number of benzene rings is 3. The summed E-state index contributed by atoms with van der Waals surface area (Å²) in [5.74, 6) is 0. The minimum absolute atomic E-state index is 0.931. The Kier molecular flexibility index (Phi) is 3.60. The maximum Gasteiger partial charge on any atom is 0.159 e. The number of allylic oxidation sites excluding steroid dienone is 4. The van der Waals surface area contributed by atoms with Gasteiger partial charge in [-0.1, -0.05) is 60.7 Å². The lowest BCUT2D eigenvalue weighted by molar-refractivity contribution is 0.668. The van der Waals surface area contributed by atoms with Crippen molar-refractivity contribution in [2.75, 3.05) is 4.90 Å². The highest BCUT2D eigenvalue weighted by Gasteiger charge is 2.20. The summed E-state index contributed by atoms with van der Waals surface area (Å²) >= 11 is 0.